The van der Waals surface area contributed by atoms with Gasteiger partial charge in [-0.25, -0.2) is 0 Å². The summed E-state index contributed by atoms with van der Waals surface area (Å²) in [7, 11) is 0. The first kappa shape index (κ1) is 10.0. The van der Waals surface area contributed by atoms with Gasteiger partial charge in [0.25, 0.3) is 0 Å². The Bertz CT molecular complexity index is 171. The molecule has 11 heavy (non-hydrogen) atoms. The quantitative estimate of drug-likeness (QED) is 0.609. The molecule has 1 heteroatoms. The van der Waals surface area contributed by atoms with Crippen molar-refractivity contribution in [3.05, 3.63) is 36.1 Å². The molecule has 0 heterocycles. The Morgan fingerprint density at radius 3 is 2.55 bits per heavy atom. The van der Waals surface area contributed by atoms with Crippen LogP contribution in [0.25, 0.3) is 0 Å². The van der Waals surface area contributed by atoms with Crippen LogP contribution in [0.2, 0.25) is 0 Å². The summed E-state index contributed by atoms with van der Waals surface area (Å²) in [4.78, 5) is 0. The monoisotopic (exact) mass is 151 g/mol. The highest BCUT2D eigenvalue weighted by atomic mass is 14.8. The van der Waals surface area contributed by atoms with Crippen molar-refractivity contribution >= 4 is 0 Å². The Morgan fingerprint density at radius 1 is 1.45 bits per heavy atom. The molecule has 0 radical (unpaired) electrons. The van der Waals surface area contributed by atoms with Crippen LogP contribution >= 0.6 is 0 Å². The maximum absolute atomic E-state index is 3.81. The largest absolute Gasteiger partial charge is 0.386 e. The second-order valence-corrected chi connectivity index (χ2v) is 2.66. The normalized spacial score (nSPS) is 9.73. The Balaban J connectivity index is 3.74. The van der Waals surface area contributed by atoms with Crippen LogP contribution in [0, 0.1) is 0 Å². The van der Waals surface area contributed by atoms with Gasteiger partial charge in [-0.2, -0.15) is 0 Å². The summed E-state index contributed by atoms with van der Waals surface area (Å²) in [6.45, 7) is 10.9. The average molecular weight is 151 g/mol. The lowest BCUT2D eigenvalue weighted by Crippen LogP contribution is -2.08. The zero-order valence-electron chi connectivity index (χ0n) is 7.65. The van der Waals surface area contributed by atoms with Gasteiger partial charge >= 0.3 is 0 Å². The SMILES string of the molecule is C=C(/C=C\C=C(C)C)NCC. The van der Waals surface area contributed by atoms with Gasteiger partial charge in [0.1, 0.15) is 0 Å². The van der Waals surface area contributed by atoms with Crippen LogP contribution in [0.1, 0.15) is 20.8 Å². The first-order valence-electron chi connectivity index (χ1n) is 3.91. The van der Waals surface area contributed by atoms with Gasteiger partial charge in [-0.1, -0.05) is 24.3 Å². The van der Waals surface area contributed by atoms with Gasteiger partial charge in [-0.05, 0) is 26.8 Å². The van der Waals surface area contributed by atoms with Crippen LogP contribution in [0.5, 0.6) is 0 Å². The van der Waals surface area contributed by atoms with Gasteiger partial charge in [0, 0.05) is 12.2 Å². The summed E-state index contributed by atoms with van der Waals surface area (Å²) in [6.07, 6.45) is 6.03. The highest BCUT2D eigenvalue weighted by Gasteiger charge is 1.79. The minimum atomic E-state index is 0.929. The molecule has 0 aromatic rings. The lowest BCUT2D eigenvalue weighted by atomic mass is 10.3. The van der Waals surface area contributed by atoms with Crippen molar-refractivity contribution in [3.63, 3.8) is 0 Å². The molecule has 0 aromatic carbocycles. The second-order valence-electron chi connectivity index (χ2n) is 2.66. The van der Waals surface area contributed by atoms with E-state index in [-0.39, 0.29) is 0 Å². The van der Waals surface area contributed by atoms with Gasteiger partial charge in [-0.3, -0.25) is 0 Å². The van der Waals surface area contributed by atoms with E-state index in [2.05, 4.69) is 38.7 Å². The Morgan fingerprint density at radius 2 is 2.09 bits per heavy atom. The number of nitrogens with one attached hydrogen (secondary N) is 1. The van der Waals surface area contributed by atoms with Gasteiger partial charge < -0.3 is 5.32 Å². The van der Waals surface area contributed by atoms with Crippen molar-refractivity contribution < 1.29 is 0 Å². The van der Waals surface area contributed by atoms with Crippen LogP contribution in [0.4, 0.5) is 0 Å². The summed E-state index contributed by atoms with van der Waals surface area (Å²) in [5.74, 6) is 0. The molecule has 0 rings (SSSR count). The molecule has 0 saturated carbocycles. The van der Waals surface area contributed by atoms with Crippen molar-refractivity contribution in [3.8, 4) is 0 Å². The van der Waals surface area contributed by atoms with Gasteiger partial charge in [0.05, 0.1) is 0 Å². The first-order valence-corrected chi connectivity index (χ1v) is 3.91. The van der Waals surface area contributed by atoms with E-state index in [0.29, 0.717) is 0 Å². The molecule has 0 saturated heterocycles. The summed E-state index contributed by atoms with van der Waals surface area (Å²) < 4.78 is 0. The number of hydrogen-bond donors (Lipinski definition) is 1. The predicted molar refractivity (Wildman–Crippen MR) is 51.4 cm³/mol. The van der Waals surface area contributed by atoms with E-state index >= 15 is 0 Å². The molecule has 0 fully saturated rings. The lowest BCUT2D eigenvalue weighted by molar-refractivity contribution is 0.883. The van der Waals surface area contributed by atoms with Crippen molar-refractivity contribution in [2.75, 3.05) is 6.54 Å². The maximum Gasteiger partial charge on any atom is 0.0266 e. The molecular formula is C10H17N. The van der Waals surface area contributed by atoms with Crippen molar-refractivity contribution in [2.45, 2.75) is 20.8 Å². The van der Waals surface area contributed by atoms with E-state index < -0.39 is 0 Å². The van der Waals surface area contributed by atoms with Crippen molar-refractivity contribution in [1.82, 2.24) is 5.32 Å². The van der Waals surface area contributed by atoms with E-state index in [1.165, 1.54) is 5.57 Å². The van der Waals surface area contributed by atoms with E-state index in [1.807, 2.05) is 12.2 Å². The van der Waals surface area contributed by atoms with Crippen LogP contribution in [0.3, 0.4) is 0 Å². The molecule has 0 aliphatic rings. The standard InChI is InChI=1S/C10H17N/c1-5-11-10(4)8-6-7-9(2)3/h6-8,11H,4-5H2,1-3H3/b8-6-. The Hall–Kier alpha value is -0.980. The van der Waals surface area contributed by atoms with Crippen LogP contribution < -0.4 is 5.32 Å². The molecule has 62 valence electrons. The topological polar surface area (TPSA) is 12.0 Å². The molecule has 0 aliphatic heterocycles. The fraction of sp³-hybridized carbons (Fsp3) is 0.400. The number of hydrogen-bond acceptors (Lipinski definition) is 1. The highest BCUT2D eigenvalue weighted by Crippen LogP contribution is 1.92. The van der Waals surface area contributed by atoms with Crippen molar-refractivity contribution in [2.24, 2.45) is 0 Å². The zero-order chi connectivity index (χ0) is 8.69. The number of rotatable bonds is 4. The molecule has 0 aromatic heterocycles. The van der Waals surface area contributed by atoms with E-state index in [0.717, 1.165) is 12.2 Å². The summed E-state index contributed by atoms with van der Waals surface area (Å²) >= 11 is 0. The van der Waals surface area contributed by atoms with E-state index in [9.17, 15) is 0 Å². The van der Waals surface area contributed by atoms with Gasteiger partial charge in [0.2, 0.25) is 0 Å². The minimum absolute atomic E-state index is 0.929. The van der Waals surface area contributed by atoms with Crippen molar-refractivity contribution in [1.29, 1.82) is 0 Å². The number of likely N-dealkylation sites (N-methyl/N-ethyl adjacent to an activating group) is 1. The fourth-order valence-corrected chi connectivity index (χ4v) is 0.643. The molecule has 0 atom stereocenters. The Kier molecular flexibility index (Phi) is 5.26. The molecule has 1 nitrogen and oxygen atoms in total. The lowest BCUT2D eigenvalue weighted by Gasteiger charge is -1.98. The van der Waals surface area contributed by atoms with Gasteiger partial charge in [-0.15, -0.1) is 0 Å². The smallest absolute Gasteiger partial charge is 0.0266 e. The van der Waals surface area contributed by atoms with E-state index in [1.54, 1.807) is 0 Å². The van der Waals surface area contributed by atoms with Crippen LogP contribution in [-0.2, 0) is 0 Å². The Labute approximate surface area is 69.5 Å². The molecule has 0 bridgehead atoms. The third kappa shape index (κ3) is 6.91. The van der Waals surface area contributed by atoms with Crippen LogP contribution in [0.15, 0.2) is 36.1 Å². The molecule has 0 amide bonds. The third-order valence-corrected chi connectivity index (χ3v) is 1.13. The van der Waals surface area contributed by atoms with E-state index in [4.69, 9.17) is 0 Å². The maximum atomic E-state index is 3.81. The fourth-order valence-electron chi connectivity index (χ4n) is 0.643. The minimum Gasteiger partial charge on any atom is -0.386 e. The molecular weight excluding hydrogens is 134 g/mol. The summed E-state index contributed by atoms with van der Waals surface area (Å²) in [5.41, 5.74) is 2.26. The van der Waals surface area contributed by atoms with Gasteiger partial charge in [0.15, 0.2) is 0 Å². The molecule has 1 N–H and O–H groups in total. The summed E-state index contributed by atoms with van der Waals surface area (Å²) in [6, 6.07) is 0. The molecule has 0 unspecified atom stereocenters. The second kappa shape index (κ2) is 5.78. The number of allylic oxidation sites excluding steroid dienone is 4. The van der Waals surface area contributed by atoms with Crippen LogP contribution in [-0.4, -0.2) is 6.54 Å². The average Bonchev–Trinajstić information content (AvgIpc) is 1.87. The highest BCUT2D eigenvalue weighted by molar-refractivity contribution is 5.19. The third-order valence-electron chi connectivity index (χ3n) is 1.13. The summed E-state index contributed by atoms with van der Waals surface area (Å²) in [5, 5.41) is 3.11. The molecule has 0 spiro atoms. The first-order chi connectivity index (χ1) is 5.16. The zero-order valence-corrected chi connectivity index (χ0v) is 7.65. The predicted octanol–water partition coefficient (Wildman–Crippen LogP) is 2.63. The molecule has 0 aliphatic carbocycles.